The van der Waals surface area contributed by atoms with Crippen LogP contribution in [0.2, 0.25) is 0 Å². The van der Waals surface area contributed by atoms with E-state index < -0.39 is 0 Å². The van der Waals surface area contributed by atoms with Crippen molar-refractivity contribution in [1.29, 1.82) is 0 Å². The molecule has 0 spiro atoms. The Bertz CT molecular complexity index is 357. The smallest absolute Gasteiger partial charge is 0.0724 e. The van der Waals surface area contributed by atoms with Crippen molar-refractivity contribution in [2.24, 2.45) is 11.7 Å². The topological polar surface area (TPSA) is 51.4 Å². The first-order valence-electron chi connectivity index (χ1n) is 6.63. The predicted molar refractivity (Wildman–Crippen MR) is 72.2 cm³/mol. The number of nitrogens with two attached hydrogens (primary N) is 1. The van der Waals surface area contributed by atoms with Crippen molar-refractivity contribution in [2.45, 2.75) is 25.5 Å². The second-order valence-electron chi connectivity index (χ2n) is 5.07. The summed E-state index contributed by atoms with van der Waals surface area (Å²) in [7, 11) is 1.80. The molecule has 1 aliphatic heterocycles. The predicted octanol–water partition coefficient (Wildman–Crippen LogP) is 1.44. The molecule has 3 atom stereocenters. The van der Waals surface area contributed by atoms with Crippen molar-refractivity contribution in [2.75, 3.05) is 26.7 Å². The zero-order valence-corrected chi connectivity index (χ0v) is 11.2. The molecule has 0 saturated carbocycles. The van der Waals surface area contributed by atoms with Gasteiger partial charge in [-0.3, -0.25) is 9.88 Å². The standard InChI is InChI=1S/C14H23N3O/c1-11-5-8-17(10-14(11)18-2)13(9-15)12-3-6-16-7-4-12/h3-4,6-7,11,13-14H,5,8-10,15H2,1-2H3. The summed E-state index contributed by atoms with van der Waals surface area (Å²) in [6.07, 6.45) is 5.14. The quantitative estimate of drug-likeness (QED) is 0.877. The molecule has 100 valence electrons. The van der Waals surface area contributed by atoms with Gasteiger partial charge in [0.25, 0.3) is 0 Å². The van der Waals surface area contributed by atoms with Crippen LogP contribution >= 0.6 is 0 Å². The van der Waals surface area contributed by atoms with Gasteiger partial charge in [0.15, 0.2) is 0 Å². The number of likely N-dealkylation sites (tertiary alicyclic amines) is 1. The van der Waals surface area contributed by atoms with Gasteiger partial charge in [-0.15, -0.1) is 0 Å². The minimum Gasteiger partial charge on any atom is -0.380 e. The Kier molecular flexibility index (Phi) is 4.69. The Morgan fingerprint density at radius 2 is 2.22 bits per heavy atom. The molecule has 2 rings (SSSR count). The molecule has 1 aromatic heterocycles. The maximum absolute atomic E-state index is 5.95. The van der Waals surface area contributed by atoms with E-state index in [9.17, 15) is 0 Å². The van der Waals surface area contributed by atoms with Gasteiger partial charge in [-0.1, -0.05) is 6.92 Å². The highest BCUT2D eigenvalue weighted by Gasteiger charge is 2.30. The Labute approximate surface area is 109 Å². The van der Waals surface area contributed by atoms with E-state index in [0.29, 0.717) is 18.6 Å². The van der Waals surface area contributed by atoms with Gasteiger partial charge in [-0.05, 0) is 36.6 Å². The largest absolute Gasteiger partial charge is 0.380 e. The van der Waals surface area contributed by atoms with E-state index in [-0.39, 0.29) is 6.04 Å². The van der Waals surface area contributed by atoms with Crippen LogP contribution in [0.3, 0.4) is 0 Å². The minimum atomic E-state index is 0.276. The summed E-state index contributed by atoms with van der Waals surface area (Å²) >= 11 is 0. The van der Waals surface area contributed by atoms with E-state index in [1.807, 2.05) is 12.4 Å². The van der Waals surface area contributed by atoms with Gasteiger partial charge < -0.3 is 10.5 Å². The molecule has 2 heterocycles. The van der Waals surface area contributed by atoms with Crippen LogP contribution in [-0.2, 0) is 4.74 Å². The summed E-state index contributed by atoms with van der Waals surface area (Å²) in [4.78, 5) is 6.50. The van der Waals surface area contributed by atoms with E-state index in [1.165, 1.54) is 12.0 Å². The summed E-state index contributed by atoms with van der Waals surface area (Å²) in [6, 6.07) is 4.38. The monoisotopic (exact) mass is 249 g/mol. The number of piperidine rings is 1. The van der Waals surface area contributed by atoms with Crippen molar-refractivity contribution < 1.29 is 4.74 Å². The molecule has 3 unspecified atom stereocenters. The van der Waals surface area contributed by atoms with Crippen LogP contribution in [0.4, 0.5) is 0 Å². The summed E-state index contributed by atoms with van der Waals surface area (Å²) in [5.74, 6) is 0.627. The zero-order valence-electron chi connectivity index (χ0n) is 11.2. The maximum atomic E-state index is 5.95. The minimum absolute atomic E-state index is 0.276. The fraction of sp³-hybridized carbons (Fsp3) is 0.643. The van der Waals surface area contributed by atoms with Crippen LogP contribution in [0.15, 0.2) is 24.5 Å². The molecule has 0 aliphatic carbocycles. The normalized spacial score (nSPS) is 27.1. The lowest BCUT2D eigenvalue weighted by atomic mass is 9.93. The van der Waals surface area contributed by atoms with Crippen LogP contribution in [-0.4, -0.2) is 42.7 Å². The van der Waals surface area contributed by atoms with E-state index in [4.69, 9.17) is 10.5 Å². The Hall–Kier alpha value is -0.970. The van der Waals surface area contributed by atoms with Gasteiger partial charge >= 0.3 is 0 Å². The second-order valence-corrected chi connectivity index (χ2v) is 5.07. The molecule has 4 nitrogen and oxygen atoms in total. The van der Waals surface area contributed by atoms with E-state index >= 15 is 0 Å². The molecule has 1 fully saturated rings. The van der Waals surface area contributed by atoms with Crippen LogP contribution in [0.5, 0.6) is 0 Å². The lowest BCUT2D eigenvalue weighted by molar-refractivity contribution is -0.0183. The number of hydrogen-bond acceptors (Lipinski definition) is 4. The molecule has 1 aromatic rings. The molecule has 0 bridgehead atoms. The van der Waals surface area contributed by atoms with Crippen molar-refractivity contribution in [3.63, 3.8) is 0 Å². The third kappa shape index (κ3) is 2.88. The summed E-state index contributed by atoms with van der Waals surface area (Å²) in [6.45, 7) is 4.94. The Morgan fingerprint density at radius 3 is 2.83 bits per heavy atom. The molecule has 18 heavy (non-hydrogen) atoms. The van der Waals surface area contributed by atoms with E-state index in [2.05, 4.69) is 28.9 Å². The van der Waals surface area contributed by atoms with Crippen molar-refractivity contribution >= 4 is 0 Å². The van der Waals surface area contributed by atoms with Gasteiger partial charge in [0.1, 0.15) is 0 Å². The average molecular weight is 249 g/mol. The number of hydrogen-bond donors (Lipinski definition) is 1. The molecular weight excluding hydrogens is 226 g/mol. The number of aromatic nitrogens is 1. The number of rotatable bonds is 4. The van der Waals surface area contributed by atoms with Crippen LogP contribution in [0.25, 0.3) is 0 Å². The second kappa shape index (κ2) is 6.27. The van der Waals surface area contributed by atoms with Gasteiger partial charge in [0, 0.05) is 38.6 Å². The molecule has 0 radical (unpaired) electrons. The van der Waals surface area contributed by atoms with E-state index in [0.717, 1.165) is 13.1 Å². The van der Waals surface area contributed by atoms with Gasteiger partial charge in [-0.25, -0.2) is 0 Å². The average Bonchev–Trinajstić information content (AvgIpc) is 2.42. The fourth-order valence-electron chi connectivity index (χ4n) is 2.73. The fourth-order valence-corrected chi connectivity index (χ4v) is 2.73. The molecule has 0 aromatic carbocycles. The third-order valence-corrected chi connectivity index (χ3v) is 3.98. The first-order valence-corrected chi connectivity index (χ1v) is 6.63. The van der Waals surface area contributed by atoms with Crippen molar-refractivity contribution in [3.05, 3.63) is 30.1 Å². The van der Waals surface area contributed by atoms with E-state index in [1.54, 1.807) is 7.11 Å². The van der Waals surface area contributed by atoms with Crippen molar-refractivity contribution in [3.8, 4) is 0 Å². The van der Waals surface area contributed by atoms with Gasteiger partial charge in [0.05, 0.1) is 6.10 Å². The number of pyridine rings is 1. The molecule has 0 amide bonds. The summed E-state index contributed by atoms with van der Waals surface area (Å²) < 4.78 is 5.57. The summed E-state index contributed by atoms with van der Waals surface area (Å²) in [5, 5.41) is 0. The van der Waals surface area contributed by atoms with Crippen molar-refractivity contribution in [1.82, 2.24) is 9.88 Å². The summed E-state index contributed by atoms with van der Waals surface area (Å²) in [5.41, 5.74) is 7.20. The zero-order chi connectivity index (χ0) is 13.0. The molecule has 1 aliphatic rings. The third-order valence-electron chi connectivity index (χ3n) is 3.98. The lowest BCUT2D eigenvalue weighted by Gasteiger charge is -2.40. The first-order chi connectivity index (χ1) is 8.76. The number of ether oxygens (including phenoxy) is 1. The lowest BCUT2D eigenvalue weighted by Crippen LogP contribution is -2.47. The van der Waals surface area contributed by atoms with Gasteiger partial charge in [-0.2, -0.15) is 0 Å². The Morgan fingerprint density at radius 1 is 1.50 bits per heavy atom. The van der Waals surface area contributed by atoms with Crippen LogP contribution in [0.1, 0.15) is 24.9 Å². The van der Waals surface area contributed by atoms with Crippen LogP contribution < -0.4 is 5.73 Å². The first kappa shape index (κ1) is 13.5. The molecule has 1 saturated heterocycles. The SMILES string of the molecule is COC1CN(C(CN)c2ccncc2)CCC1C. The highest BCUT2D eigenvalue weighted by atomic mass is 16.5. The maximum Gasteiger partial charge on any atom is 0.0724 e. The highest BCUT2D eigenvalue weighted by Crippen LogP contribution is 2.27. The number of methoxy groups -OCH3 is 1. The van der Waals surface area contributed by atoms with Gasteiger partial charge in [0.2, 0.25) is 0 Å². The molecule has 4 heteroatoms. The molecular formula is C14H23N3O. The van der Waals surface area contributed by atoms with Crippen LogP contribution in [0, 0.1) is 5.92 Å². The Balaban J connectivity index is 2.09. The highest BCUT2D eigenvalue weighted by molar-refractivity contribution is 5.16. The molecule has 2 N–H and O–H groups in total. The number of nitrogens with zero attached hydrogens (tertiary/aromatic N) is 2.